The van der Waals surface area contributed by atoms with E-state index in [0.29, 0.717) is 23.3 Å². The summed E-state index contributed by atoms with van der Waals surface area (Å²) in [6.45, 7) is 1.91. The number of carbonyl (C=O) groups is 1. The number of hydrogen-bond acceptors (Lipinski definition) is 5. The second-order valence-electron chi connectivity index (χ2n) is 6.13. The molecule has 0 radical (unpaired) electrons. The van der Waals surface area contributed by atoms with Crippen LogP contribution in [0.15, 0.2) is 12.1 Å². The van der Waals surface area contributed by atoms with Crippen LogP contribution in [0.2, 0.25) is 0 Å². The van der Waals surface area contributed by atoms with Crippen LogP contribution < -0.4 is 10.6 Å². The molecule has 2 atom stereocenters. The minimum absolute atomic E-state index is 0.200. The predicted octanol–water partition coefficient (Wildman–Crippen LogP) is 1.86. The minimum atomic E-state index is -0.401. The van der Waals surface area contributed by atoms with Crippen molar-refractivity contribution in [2.75, 3.05) is 17.7 Å². The van der Waals surface area contributed by atoms with Gasteiger partial charge < -0.3 is 20.5 Å². The fourth-order valence-electron chi connectivity index (χ4n) is 3.78. The number of aliphatic hydroxyl groups excluding tert-OH is 1. The van der Waals surface area contributed by atoms with E-state index in [9.17, 15) is 9.90 Å². The van der Waals surface area contributed by atoms with E-state index in [1.807, 2.05) is 19.1 Å². The number of nitrogens with zero attached hydrogens (tertiary/aromatic N) is 1. The Hall–Kier alpha value is -1.75. The largest absolute Gasteiger partial charge is 0.465 e. The molecule has 5 nitrogen and oxygen atoms in total. The third-order valence-corrected chi connectivity index (χ3v) is 4.78. The average molecular weight is 290 g/mol. The van der Waals surface area contributed by atoms with Crippen LogP contribution in [0.4, 0.5) is 11.4 Å². The number of esters is 1. The van der Waals surface area contributed by atoms with Crippen molar-refractivity contribution in [2.45, 2.75) is 50.8 Å². The predicted molar refractivity (Wildman–Crippen MR) is 81.5 cm³/mol. The third kappa shape index (κ3) is 2.35. The summed E-state index contributed by atoms with van der Waals surface area (Å²) in [5.74, 6) is -0.401. The van der Waals surface area contributed by atoms with Crippen molar-refractivity contribution >= 4 is 17.3 Å². The van der Waals surface area contributed by atoms with E-state index in [4.69, 9.17) is 10.5 Å². The molecule has 3 N–H and O–H groups in total. The van der Waals surface area contributed by atoms with Gasteiger partial charge in [-0.25, -0.2) is 4.79 Å². The highest BCUT2D eigenvalue weighted by Crippen LogP contribution is 2.40. The van der Waals surface area contributed by atoms with Gasteiger partial charge in [0.2, 0.25) is 0 Å². The molecule has 2 bridgehead atoms. The summed E-state index contributed by atoms with van der Waals surface area (Å²) in [5, 5.41) is 9.91. The Balaban J connectivity index is 2.00. The van der Waals surface area contributed by atoms with Crippen molar-refractivity contribution in [3.05, 3.63) is 23.3 Å². The Kier molecular flexibility index (Phi) is 3.53. The number of anilines is 2. The molecule has 2 aliphatic rings. The van der Waals surface area contributed by atoms with Crippen LogP contribution in [0.5, 0.6) is 0 Å². The number of aliphatic hydroxyl groups is 1. The number of nitrogens with two attached hydrogens (primary N) is 1. The molecular weight excluding hydrogens is 268 g/mol. The Morgan fingerprint density at radius 2 is 1.95 bits per heavy atom. The van der Waals surface area contributed by atoms with Gasteiger partial charge in [0.1, 0.15) is 0 Å². The molecule has 0 saturated carbocycles. The number of piperidine rings is 1. The number of ether oxygens (including phenoxy) is 1. The van der Waals surface area contributed by atoms with Crippen molar-refractivity contribution in [3.63, 3.8) is 0 Å². The zero-order valence-corrected chi connectivity index (χ0v) is 12.5. The summed E-state index contributed by atoms with van der Waals surface area (Å²) in [5.41, 5.74) is 8.82. The molecular formula is C16H22N2O3. The van der Waals surface area contributed by atoms with Gasteiger partial charge in [0.25, 0.3) is 0 Å². The summed E-state index contributed by atoms with van der Waals surface area (Å²) in [6, 6.07) is 4.57. The second kappa shape index (κ2) is 5.22. The van der Waals surface area contributed by atoms with Crippen molar-refractivity contribution in [1.29, 1.82) is 0 Å². The highest BCUT2D eigenvalue weighted by Gasteiger charge is 2.40. The Morgan fingerprint density at radius 3 is 2.52 bits per heavy atom. The lowest BCUT2D eigenvalue weighted by atomic mass is 9.97. The normalized spacial score (nSPS) is 27.8. The third-order valence-electron chi connectivity index (χ3n) is 4.78. The van der Waals surface area contributed by atoms with Crippen molar-refractivity contribution in [3.8, 4) is 0 Å². The van der Waals surface area contributed by atoms with E-state index in [1.54, 1.807) is 0 Å². The number of rotatable bonds is 2. The zero-order valence-electron chi connectivity index (χ0n) is 12.5. The van der Waals surface area contributed by atoms with E-state index in [-0.39, 0.29) is 6.10 Å². The molecule has 2 heterocycles. The van der Waals surface area contributed by atoms with Crippen LogP contribution in [0.3, 0.4) is 0 Å². The van der Waals surface area contributed by atoms with Crippen LogP contribution in [-0.4, -0.2) is 36.4 Å². The van der Waals surface area contributed by atoms with Crippen LogP contribution >= 0.6 is 0 Å². The molecule has 1 aromatic carbocycles. The summed E-state index contributed by atoms with van der Waals surface area (Å²) < 4.78 is 4.82. The number of methoxy groups -OCH3 is 1. The lowest BCUT2D eigenvalue weighted by molar-refractivity contribution is 0.0601. The SMILES string of the molecule is COC(=O)c1cc(N2C3CCC2CC(O)C3)cc(C)c1N. The maximum atomic E-state index is 11.9. The van der Waals surface area contributed by atoms with Gasteiger partial charge in [-0.2, -0.15) is 0 Å². The Bertz CT molecular complexity index is 559. The molecule has 3 rings (SSSR count). The van der Waals surface area contributed by atoms with Crippen molar-refractivity contribution < 1.29 is 14.6 Å². The van der Waals surface area contributed by atoms with E-state index in [2.05, 4.69) is 4.90 Å². The maximum Gasteiger partial charge on any atom is 0.340 e. The minimum Gasteiger partial charge on any atom is -0.465 e. The number of benzene rings is 1. The number of nitrogen functional groups attached to an aromatic ring is 1. The summed E-state index contributed by atoms with van der Waals surface area (Å²) in [6.07, 6.45) is 3.59. The maximum absolute atomic E-state index is 11.9. The molecule has 114 valence electrons. The topological polar surface area (TPSA) is 75.8 Å². The molecule has 2 fully saturated rings. The van der Waals surface area contributed by atoms with Crippen LogP contribution in [0.25, 0.3) is 0 Å². The van der Waals surface area contributed by atoms with Crippen LogP contribution in [0.1, 0.15) is 41.6 Å². The smallest absolute Gasteiger partial charge is 0.340 e. The highest BCUT2D eigenvalue weighted by molar-refractivity contribution is 5.97. The first-order valence-electron chi connectivity index (χ1n) is 7.46. The molecule has 0 amide bonds. The average Bonchev–Trinajstić information content (AvgIpc) is 2.73. The number of carbonyl (C=O) groups excluding carboxylic acids is 1. The summed E-state index contributed by atoms with van der Waals surface area (Å²) >= 11 is 0. The van der Waals surface area contributed by atoms with Gasteiger partial charge in [-0.3, -0.25) is 0 Å². The molecule has 0 aliphatic carbocycles. The molecule has 5 heteroatoms. The van der Waals surface area contributed by atoms with Crippen LogP contribution in [-0.2, 0) is 4.74 Å². The van der Waals surface area contributed by atoms with Gasteiger partial charge in [0, 0.05) is 23.5 Å². The molecule has 0 aromatic heterocycles. The molecule has 1 aromatic rings. The first-order valence-corrected chi connectivity index (χ1v) is 7.46. The van der Waals surface area contributed by atoms with E-state index >= 15 is 0 Å². The van der Waals surface area contributed by atoms with Gasteiger partial charge in [0.15, 0.2) is 0 Å². The Labute approximate surface area is 124 Å². The fourth-order valence-corrected chi connectivity index (χ4v) is 3.78. The van der Waals surface area contributed by atoms with Gasteiger partial charge in [-0.1, -0.05) is 0 Å². The number of hydrogen-bond donors (Lipinski definition) is 2. The zero-order chi connectivity index (χ0) is 15.1. The van der Waals surface area contributed by atoms with E-state index in [1.165, 1.54) is 7.11 Å². The lowest BCUT2D eigenvalue weighted by Crippen LogP contribution is -2.44. The van der Waals surface area contributed by atoms with E-state index in [0.717, 1.165) is 36.9 Å². The lowest BCUT2D eigenvalue weighted by Gasteiger charge is -2.39. The van der Waals surface area contributed by atoms with Gasteiger partial charge in [0.05, 0.1) is 18.8 Å². The van der Waals surface area contributed by atoms with Crippen LogP contribution in [0, 0.1) is 6.92 Å². The molecule has 2 aliphatic heterocycles. The standard InChI is InChI=1S/C16H22N2O3/c1-9-5-12(8-14(15(9)17)16(20)21-2)18-10-3-4-11(18)7-13(19)6-10/h5,8,10-11,13,19H,3-4,6-7,17H2,1-2H3. The molecule has 21 heavy (non-hydrogen) atoms. The van der Waals surface area contributed by atoms with Gasteiger partial charge in [-0.05, 0) is 50.3 Å². The number of fused-ring (bicyclic) bond motifs is 2. The molecule has 0 spiro atoms. The summed E-state index contributed by atoms with van der Waals surface area (Å²) in [7, 11) is 1.37. The fraction of sp³-hybridized carbons (Fsp3) is 0.562. The van der Waals surface area contributed by atoms with Gasteiger partial charge >= 0.3 is 5.97 Å². The molecule has 2 unspecified atom stereocenters. The first kappa shape index (κ1) is 14.2. The molecule has 2 saturated heterocycles. The van der Waals surface area contributed by atoms with E-state index < -0.39 is 5.97 Å². The number of aryl methyl sites for hydroxylation is 1. The first-order chi connectivity index (χ1) is 10.0. The monoisotopic (exact) mass is 290 g/mol. The van der Waals surface area contributed by atoms with Crippen molar-refractivity contribution in [2.24, 2.45) is 0 Å². The quantitative estimate of drug-likeness (QED) is 0.642. The highest BCUT2D eigenvalue weighted by atomic mass is 16.5. The second-order valence-corrected chi connectivity index (χ2v) is 6.13. The summed E-state index contributed by atoms with van der Waals surface area (Å²) in [4.78, 5) is 14.2. The Morgan fingerprint density at radius 1 is 1.33 bits per heavy atom. The van der Waals surface area contributed by atoms with Crippen molar-refractivity contribution in [1.82, 2.24) is 0 Å². The van der Waals surface area contributed by atoms with Gasteiger partial charge in [-0.15, -0.1) is 0 Å².